The summed E-state index contributed by atoms with van der Waals surface area (Å²) in [6, 6.07) is 11.1. The van der Waals surface area contributed by atoms with E-state index in [0.29, 0.717) is 5.41 Å². The molecule has 0 unspecified atom stereocenters. The summed E-state index contributed by atoms with van der Waals surface area (Å²) in [6.45, 7) is 4.84. The maximum absolute atomic E-state index is 4.68. The van der Waals surface area contributed by atoms with Crippen molar-refractivity contribution < 1.29 is 0 Å². The van der Waals surface area contributed by atoms with Crippen molar-refractivity contribution in [1.29, 1.82) is 0 Å². The molecular formula is C24H30N6. The molecule has 0 amide bonds. The number of anilines is 1. The Bertz CT molecular complexity index is 1000. The van der Waals surface area contributed by atoms with Crippen LogP contribution in [0.4, 0.5) is 5.82 Å². The molecule has 1 spiro atoms. The van der Waals surface area contributed by atoms with Crippen LogP contribution >= 0.6 is 0 Å². The van der Waals surface area contributed by atoms with Crippen LogP contribution in [-0.4, -0.2) is 57.3 Å². The summed E-state index contributed by atoms with van der Waals surface area (Å²) in [5, 5.41) is 9.05. The molecule has 3 aromatic rings. The van der Waals surface area contributed by atoms with Gasteiger partial charge in [-0.05, 0) is 87.4 Å². The Kier molecular flexibility index (Phi) is 4.48. The number of aromatic nitrogens is 4. The smallest absolute Gasteiger partial charge is 0.151 e. The third kappa shape index (κ3) is 3.27. The van der Waals surface area contributed by atoms with Crippen LogP contribution in [0.25, 0.3) is 22.4 Å². The van der Waals surface area contributed by atoms with Crippen molar-refractivity contribution in [2.45, 2.75) is 51.0 Å². The molecule has 5 heterocycles. The van der Waals surface area contributed by atoms with Gasteiger partial charge in [0.25, 0.3) is 0 Å². The van der Waals surface area contributed by atoms with E-state index in [0.717, 1.165) is 47.4 Å². The molecule has 1 aliphatic carbocycles. The summed E-state index contributed by atoms with van der Waals surface area (Å²) in [4.78, 5) is 13.1. The molecule has 3 aromatic heterocycles. The average Bonchev–Trinajstić information content (AvgIpc) is 3.23. The number of nitrogens with one attached hydrogen (secondary N) is 1. The van der Waals surface area contributed by atoms with Gasteiger partial charge in [-0.1, -0.05) is 6.42 Å². The zero-order valence-electron chi connectivity index (χ0n) is 17.6. The highest BCUT2D eigenvalue weighted by Gasteiger charge is 2.39. The lowest BCUT2D eigenvalue weighted by Crippen LogP contribution is -2.51. The molecule has 6 rings (SSSR count). The van der Waals surface area contributed by atoms with Gasteiger partial charge in [0.05, 0.1) is 16.7 Å². The number of likely N-dealkylation sites (tertiary alicyclic amines) is 1. The summed E-state index contributed by atoms with van der Waals surface area (Å²) < 4.78 is 0. The minimum absolute atomic E-state index is 0.569. The summed E-state index contributed by atoms with van der Waals surface area (Å²) >= 11 is 0. The monoisotopic (exact) mass is 402 g/mol. The second-order valence-corrected chi connectivity index (χ2v) is 9.49. The zero-order valence-corrected chi connectivity index (χ0v) is 17.6. The number of piperidine rings is 2. The molecule has 6 heteroatoms. The fourth-order valence-corrected chi connectivity index (χ4v) is 5.53. The summed E-state index contributed by atoms with van der Waals surface area (Å²) in [5.41, 5.74) is 4.28. The van der Waals surface area contributed by atoms with Gasteiger partial charge in [-0.15, -0.1) is 10.2 Å². The van der Waals surface area contributed by atoms with Gasteiger partial charge in [0.15, 0.2) is 5.82 Å². The molecule has 1 saturated carbocycles. The molecule has 2 saturated heterocycles. The molecule has 0 bridgehead atoms. The number of aromatic amines is 1. The maximum atomic E-state index is 4.68. The van der Waals surface area contributed by atoms with Gasteiger partial charge in [0, 0.05) is 25.3 Å². The Morgan fingerprint density at radius 3 is 2.30 bits per heavy atom. The van der Waals surface area contributed by atoms with E-state index in [9.17, 15) is 0 Å². The van der Waals surface area contributed by atoms with Gasteiger partial charge < -0.3 is 14.8 Å². The number of hydrogen-bond acceptors (Lipinski definition) is 5. The lowest BCUT2D eigenvalue weighted by molar-refractivity contribution is 0.0305. The molecule has 0 aromatic carbocycles. The van der Waals surface area contributed by atoms with E-state index >= 15 is 0 Å². The second-order valence-electron chi connectivity index (χ2n) is 9.49. The van der Waals surface area contributed by atoms with Crippen molar-refractivity contribution in [2.75, 3.05) is 31.1 Å². The van der Waals surface area contributed by atoms with Crippen LogP contribution < -0.4 is 4.90 Å². The van der Waals surface area contributed by atoms with Gasteiger partial charge in [-0.2, -0.15) is 0 Å². The van der Waals surface area contributed by atoms with E-state index in [1.54, 1.807) is 0 Å². The maximum Gasteiger partial charge on any atom is 0.151 e. The quantitative estimate of drug-likeness (QED) is 0.709. The standard InChI is InChI=1S/C24H30N6/c1-2-18(3-1)29-14-9-24(10-15-29)11-16-30(17-12-24)23-7-6-22(27-28-23)20-5-4-19-21(26-20)8-13-25-19/h4-8,13,18,25H,1-3,9-12,14-17H2. The minimum atomic E-state index is 0.569. The number of fused-ring (bicyclic) bond motifs is 1. The first-order valence-corrected chi connectivity index (χ1v) is 11.6. The minimum Gasteiger partial charge on any atom is -0.360 e. The Balaban J connectivity index is 1.09. The first-order valence-electron chi connectivity index (χ1n) is 11.6. The van der Waals surface area contributed by atoms with E-state index in [-0.39, 0.29) is 0 Å². The fourth-order valence-electron chi connectivity index (χ4n) is 5.53. The Morgan fingerprint density at radius 1 is 0.833 bits per heavy atom. The molecule has 0 radical (unpaired) electrons. The van der Waals surface area contributed by atoms with Crippen LogP contribution in [0.1, 0.15) is 44.9 Å². The van der Waals surface area contributed by atoms with Crippen molar-refractivity contribution in [1.82, 2.24) is 25.1 Å². The lowest BCUT2D eigenvalue weighted by Gasteiger charge is -2.50. The Labute approximate surface area is 177 Å². The number of rotatable bonds is 3. The Hall–Kier alpha value is -2.47. The van der Waals surface area contributed by atoms with Crippen molar-refractivity contribution in [2.24, 2.45) is 5.41 Å². The molecule has 3 fully saturated rings. The normalized spacial score (nSPS) is 22.5. The van der Waals surface area contributed by atoms with Crippen molar-refractivity contribution >= 4 is 16.9 Å². The summed E-state index contributed by atoms with van der Waals surface area (Å²) in [5.74, 6) is 1.00. The molecule has 156 valence electrons. The number of pyridine rings is 1. The molecule has 3 aliphatic rings. The summed E-state index contributed by atoms with van der Waals surface area (Å²) in [6.07, 6.45) is 11.6. The highest BCUT2D eigenvalue weighted by Crippen LogP contribution is 2.43. The van der Waals surface area contributed by atoms with Crippen LogP contribution in [0.5, 0.6) is 0 Å². The van der Waals surface area contributed by atoms with E-state index in [4.69, 9.17) is 0 Å². The molecule has 6 nitrogen and oxygen atoms in total. The average molecular weight is 403 g/mol. The van der Waals surface area contributed by atoms with Crippen molar-refractivity contribution in [3.8, 4) is 11.4 Å². The molecule has 0 atom stereocenters. The molecular weight excluding hydrogens is 372 g/mol. The summed E-state index contributed by atoms with van der Waals surface area (Å²) in [7, 11) is 0. The van der Waals surface area contributed by atoms with Crippen LogP contribution in [0.2, 0.25) is 0 Å². The predicted octanol–water partition coefficient (Wildman–Crippen LogP) is 4.25. The molecule has 30 heavy (non-hydrogen) atoms. The first kappa shape index (κ1) is 18.3. The number of H-pyrrole nitrogens is 1. The van der Waals surface area contributed by atoms with E-state index in [1.165, 1.54) is 58.0 Å². The van der Waals surface area contributed by atoms with Gasteiger partial charge in [-0.3, -0.25) is 0 Å². The van der Waals surface area contributed by atoms with Gasteiger partial charge in [0.1, 0.15) is 5.69 Å². The topological polar surface area (TPSA) is 60.9 Å². The third-order valence-corrected chi connectivity index (χ3v) is 7.92. The third-order valence-electron chi connectivity index (χ3n) is 7.92. The number of hydrogen-bond donors (Lipinski definition) is 1. The lowest BCUT2D eigenvalue weighted by atomic mass is 9.70. The molecule has 1 N–H and O–H groups in total. The predicted molar refractivity (Wildman–Crippen MR) is 119 cm³/mol. The van der Waals surface area contributed by atoms with Gasteiger partial charge in [-0.25, -0.2) is 4.98 Å². The largest absolute Gasteiger partial charge is 0.360 e. The Morgan fingerprint density at radius 2 is 1.60 bits per heavy atom. The van der Waals surface area contributed by atoms with E-state index < -0.39 is 0 Å². The van der Waals surface area contributed by atoms with Crippen molar-refractivity contribution in [3.63, 3.8) is 0 Å². The van der Waals surface area contributed by atoms with Gasteiger partial charge >= 0.3 is 0 Å². The van der Waals surface area contributed by atoms with E-state index in [2.05, 4.69) is 42.1 Å². The first-order chi connectivity index (χ1) is 14.8. The van der Waals surface area contributed by atoms with Crippen LogP contribution in [-0.2, 0) is 0 Å². The van der Waals surface area contributed by atoms with Crippen molar-refractivity contribution in [3.05, 3.63) is 36.5 Å². The van der Waals surface area contributed by atoms with E-state index in [1.807, 2.05) is 24.4 Å². The van der Waals surface area contributed by atoms with Gasteiger partial charge in [0.2, 0.25) is 0 Å². The fraction of sp³-hybridized carbons (Fsp3) is 0.542. The number of nitrogens with zero attached hydrogens (tertiary/aromatic N) is 5. The second kappa shape index (κ2) is 7.34. The molecule has 2 aliphatic heterocycles. The van der Waals surface area contributed by atoms with Crippen LogP contribution in [0, 0.1) is 5.41 Å². The van der Waals surface area contributed by atoms with Crippen LogP contribution in [0.3, 0.4) is 0 Å². The zero-order chi connectivity index (χ0) is 20.0. The SMILES string of the molecule is c1cc2nc(-c3ccc(N4CCC5(CC4)CCN(C4CCC4)CC5)nn3)ccc2[nH]1. The highest BCUT2D eigenvalue weighted by molar-refractivity contribution is 5.77. The highest BCUT2D eigenvalue weighted by atomic mass is 15.3. The van der Waals surface area contributed by atoms with Crippen LogP contribution in [0.15, 0.2) is 36.5 Å².